The smallest absolute Gasteiger partial charge is 0.142 e. The summed E-state index contributed by atoms with van der Waals surface area (Å²) in [6, 6.07) is 4.42. The van der Waals surface area contributed by atoms with E-state index < -0.39 is 5.82 Å². The van der Waals surface area contributed by atoms with Gasteiger partial charge in [0.1, 0.15) is 5.82 Å². The molecule has 0 unspecified atom stereocenters. The third-order valence-electron chi connectivity index (χ3n) is 1.94. The Bertz CT molecular complexity index is 349. The maximum absolute atomic E-state index is 13.1. The van der Waals surface area contributed by atoms with Crippen LogP contribution in [0.25, 0.3) is 0 Å². The van der Waals surface area contributed by atoms with Crippen molar-refractivity contribution < 1.29 is 4.39 Å². The highest BCUT2D eigenvalue weighted by atomic mass is 35.5. The fraction of sp³-hybridized carbons (Fsp3) is 0.273. The minimum atomic E-state index is -0.429. The molecule has 0 radical (unpaired) electrons. The third kappa shape index (κ3) is 2.82. The minimum Gasteiger partial charge on any atom is -0.324 e. The van der Waals surface area contributed by atoms with Gasteiger partial charge >= 0.3 is 0 Å². The molecule has 0 aliphatic rings. The molecule has 1 atom stereocenters. The molecule has 14 heavy (non-hydrogen) atoms. The van der Waals surface area contributed by atoms with E-state index in [0.29, 0.717) is 6.42 Å². The first kappa shape index (κ1) is 11.2. The van der Waals surface area contributed by atoms with E-state index in [1.807, 2.05) is 6.92 Å². The van der Waals surface area contributed by atoms with Crippen LogP contribution in [0.1, 0.15) is 24.9 Å². The predicted molar refractivity (Wildman–Crippen MR) is 57.8 cm³/mol. The van der Waals surface area contributed by atoms with Crippen molar-refractivity contribution in [2.45, 2.75) is 19.4 Å². The Morgan fingerprint density at radius 3 is 2.79 bits per heavy atom. The van der Waals surface area contributed by atoms with Gasteiger partial charge in [0.25, 0.3) is 0 Å². The fourth-order valence-electron chi connectivity index (χ4n) is 1.24. The van der Waals surface area contributed by atoms with Crippen molar-refractivity contribution in [3.05, 3.63) is 46.8 Å². The summed E-state index contributed by atoms with van der Waals surface area (Å²) >= 11 is 5.56. The van der Waals surface area contributed by atoms with Crippen molar-refractivity contribution >= 4 is 11.6 Å². The Morgan fingerprint density at radius 1 is 1.64 bits per heavy atom. The highest BCUT2D eigenvalue weighted by Crippen LogP contribution is 2.22. The van der Waals surface area contributed by atoms with E-state index >= 15 is 0 Å². The van der Waals surface area contributed by atoms with Crippen molar-refractivity contribution in [1.29, 1.82) is 0 Å². The summed E-state index contributed by atoms with van der Waals surface area (Å²) in [4.78, 5) is 0. The molecule has 2 N–H and O–H groups in total. The maximum atomic E-state index is 13.1. The molecule has 0 saturated carbocycles. The maximum Gasteiger partial charge on any atom is 0.142 e. The lowest BCUT2D eigenvalue weighted by atomic mass is 10.0. The van der Waals surface area contributed by atoms with Crippen LogP contribution in [0.3, 0.4) is 0 Å². The van der Waals surface area contributed by atoms with E-state index in [4.69, 9.17) is 17.3 Å². The van der Waals surface area contributed by atoms with Crippen LogP contribution in [-0.2, 0) is 0 Å². The molecule has 0 heterocycles. The SMILES string of the molecule is C=C(C)C[C@H](N)c1ccc(Cl)c(F)c1. The van der Waals surface area contributed by atoms with Crippen LogP contribution >= 0.6 is 11.6 Å². The largest absolute Gasteiger partial charge is 0.324 e. The summed E-state index contributed by atoms with van der Waals surface area (Å²) in [7, 11) is 0. The topological polar surface area (TPSA) is 26.0 Å². The number of hydrogen-bond donors (Lipinski definition) is 1. The van der Waals surface area contributed by atoms with Crippen molar-refractivity contribution in [3.63, 3.8) is 0 Å². The van der Waals surface area contributed by atoms with Gasteiger partial charge in [0.15, 0.2) is 0 Å². The van der Waals surface area contributed by atoms with Gasteiger partial charge in [-0.15, -0.1) is 6.58 Å². The quantitative estimate of drug-likeness (QED) is 0.765. The molecule has 0 spiro atoms. The summed E-state index contributed by atoms with van der Waals surface area (Å²) in [6.45, 7) is 5.66. The Morgan fingerprint density at radius 2 is 2.29 bits per heavy atom. The molecule has 0 fully saturated rings. The highest BCUT2D eigenvalue weighted by Gasteiger charge is 2.08. The highest BCUT2D eigenvalue weighted by molar-refractivity contribution is 6.30. The van der Waals surface area contributed by atoms with Crippen LogP contribution in [-0.4, -0.2) is 0 Å². The number of nitrogens with two attached hydrogens (primary N) is 1. The molecule has 3 heteroatoms. The first-order valence-corrected chi connectivity index (χ1v) is 4.73. The standard InChI is InChI=1S/C11H13ClFN/c1-7(2)5-11(14)8-3-4-9(12)10(13)6-8/h3-4,6,11H,1,5,14H2,2H3/t11-/m0/s1. The summed E-state index contributed by atoms with van der Waals surface area (Å²) < 4.78 is 13.1. The molecule has 0 aromatic heterocycles. The van der Waals surface area contributed by atoms with Gasteiger partial charge in [-0.1, -0.05) is 23.2 Å². The van der Waals surface area contributed by atoms with Crippen LogP contribution in [0.2, 0.25) is 5.02 Å². The van der Waals surface area contributed by atoms with E-state index in [0.717, 1.165) is 11.1 Å². The average molecular weight is 214 g/mol. The van der Waals surface area contributed by atoms with Gasteiger partial charge in [-0.25, -0.2) is 4.39 Å². The molecule has 1 rings (SSSR count). The van der Waals surface area contributed by atoms with Crippen molar-refractivity contribution in [1.82, 2.24) is 0 Å². The summed E-state index contributed by atoms with van der Waals surface area (Å²) in [5, 5.41) is 0.122. The van der Waals surface area contributed by atoms with E-state index in [9.17, 15) is 4.39 Å². The molecule has 0 bridgehead atoms. The molecule has 0 amide bonds. The lowest BCUT2D eigenvalue weighted by Crippen LogP contribution is -2.10. The zero-order valence-electron chi connectivity index (χ0n) is 8.06. The molecule has 1 aromatic carbocycles. The second-order valence-electron chi connectivity index (χ2n) is 3.44. The molecule has 76 valence electrons. The van der Waals surface area contributed by atoms with Crippen molar-refractivity contribution in [2.24, 2.45) is 5.73 Å². The van der Waals surface area contributed by atoms with Gasteiger partial charge in [-0.05, 0) is 31.0 Å². The molecular weight excluding hydrogens is 201 g/mol. The fourth-order valence-corrected chi connectivity index (χ4v) is 1.35. The van der Waals surface area contributed by atoms with Crippen LogP contribution in [0.4, 0.5) is 4.39 Å². The number of halogens is 2. The van der Waals surface area contributed by atoms with Crippen molar-refractivity contribution in [2.75, 3.05) is 0 Å². The van der Waals surface area contributed by atoms with Crippen LogP contribution in [0, 0.1) is 5.82 Å². The van der Waals surface area contributed by atoms with Crippen LogP contribution in [0.5, 0.6) is 0 Å². The second kappa shape index (κ2) is 4.58. The van der Waals surface area contributed by atoms with Gasteiger partial charge in [0.05, 0.1) is 5.02 Å². The van der Waals surface area contributed by atoms with E-state index in [1.165, 1.54) is 12.1 Å². The lowest BCUT2D eigenvalue weighted by Gasteiger charge is -2.11. The van der Waals surface area contributed by atoms with Gasteiger partial charge in [0, 0.05) is 6.04 Å². The summed E-state index contributed by atoms with van der Waals surface area (Å²) in [5.41, 5.74) is 7.57. The Hall–Kier alpha value is -0.860. The molecule has 1 aromatic rings. The molecule has 0 aliphatic heterocycles. The summed E-state index contributed by atoms with van der Waals surface area (Å²) in [5.74, 6) is -0.429. The Kier molecular flexibility index (Phi) is 3.67. The number of hydrogen-bond acceptors (Lipinski definition) is 1. The van der Waals surface area contributed by atoms with Crippen LogP contribution < -0.4 is 5.73 Å². The van der Waals surface area contributed by atoms with E-state index in [2.05, 4.69) is 6.58 Å². The van der Waals surface area contributed by atoms with Gasteiger partial charge in [-0.3, -0.25) is 0 Å². The number of rotatable bonds is 3. The van der Waals surface area contributed by atoms with Gasteiger partial charge in [0.2, 0.25) is 0 Å². The minimum absolute atomic E-state index is 0.122. The monoisotopic (exact) mass is 213 g/mol. The first-order valence-electron chi connectivity index (χ1n) is 4.35. The van der Waals surface area contributed by atoms with E-state index in [1.54, 1.807) is 6.07 Å². The molecular formula is C11H13ClFN. The van der Waals surface area contributed by atoms with Gasteiger partial charge < -0.3 is 5.73 Å². The van der Waals surface area contributed by atoms with E-state index in [-0.39, 0.29) is 11.1 Å². The van der Waals surface area contributed by atoms with Gasteiger partial charge in [-0.2, -0.15) is 0 Å². The van der Waals surface area contributed by atoms with Crippen LogP contribution in [0.15, 0.2) is 30.4 Å². The summed E-state index contributed by atoms with van der Waals surface area (Å²) in [6.07, 6.45) is 0.654. The average Bonchev–Trinajstić information content (AvgIpc) is 2.08. The van der Waals surface area contributed by atoms with Crippen molar-refractivity contribution in [3.8, 4) is 0 Å². The number of benzene rings is 1. The predicted octanol–water partition coefficient (Wildman–Crippen LogP) is 3.45. The normalized spacial score (nSPS) is 12.6. The Labute approximate surface area is 88.4 Å². The molecule has 0 saturated heterocycles. The zero-order valence-corrected chi connectivity index (χ0v) is 8.81. The lowest BCUT2D eigenvalue weighted by molar-refractivity contribution is 0.618. The first-order chi connectivity index (χ1) is 6.50. The molecule has 0 aliphatic carbocycles. The second-order valence-corrected chi connectivity index (χ2v) is 3.85. The Balaban J connectivity index is 2.85. The zero-order chi connectivity index (χ0) is 10.7. The molecule has 1 nitrogen and oxygen atoms in total. The third-order valence-corrected chi connectivity index (χ3v) is 2.25.